The summed E-state index contributed by atoms with van der Waals surface area (Å²) in [5.41, 5.74) is 0.737. The van der Waals surface area contributed by atoms with E-state index in [0.717, 1.165) is 31.5 Å². The summed E-state index contributed by atoms with van der Waals surface area (Å²) in [5, 5.41) is 22.1. The summed E-state index contributed by atoms with van der Waals surface area (Å²) in [5.74, 6) is 0. The molecule has 78 valence electrons. The molecule has 0 bridgehead atoms. The lowest BCUT2D eigenvalue weighted by molar-refractivity contribution is 0.632. The third-order valence-corrected chi connectivity index (χ3v) is 2.91. The lowest BCUT2D eigenvalue weighted by Crippen LogP contribution is -2.13. The molecule has 0 aliphatic heterocycles. The van der Waals surface area contributed by atoms with E-state index >= 15 is 0 Å². The minimum absolute atomic E-state index is 0.638. The second-order valence-electron chi connectivity index (χ2n) is 3.21. The molecule has 0 aromatic carbocycles. The Hall–Kier alpha value is -1.36. The maximum Gasteiger partial charge on any atom is 0.100 e. The molecule has 0 spiro atoms. The minimum Gasteiger partial charge on any atom is -0.312 e. The van der Waals surface area contributed by atoms with Gasteiger partial charge in [-0.3, -0.25) is 0 Å². The quantitative estimate of drug-likeness (QED) is 0.747. The molecule has 1 aromatic rings. The van der Waals surface area contributed by atoms with Crippen molar-refractivity contribution in [3.63, 3.8) is 0 Å². The van der Waals surface area contributed by atoms with Gasteiger partial charge in [0.1, 0.15) is 6.07 Å². The van der Waals surface area contributed by atoms with Crippen molar-refractivity contribution in [2.75, 3.05) is 6.54 Å². The van der Waals surface area contributed by atoms with E-state index in [-0.39, 0.29) is 0 Å². The third-order valence-electron chi connectivity index (χ3n) is 1.97. The smallest absolute Gasteiger partial charge is 0.100 e. The van der Waals surface area contributed by atoms with Gasteiger partial charge in [-0.25, -0.2) is 0 Å². The van der Waals surface area contributed by atoms with Crippen LogP contribution in [-0.4, -0.2) is 6.54 Å². The van der Waals surface area contributed by atoms with E-state index in [9.17, 15) is 0 Å². The van der Waals surface area contributed by atoms with E-state index in [1.165, 1.54) is 4.88 Å². The Kier molecular flexibility index (Phi) is 5.47. The summed E-state index contributed by atoms with van der Waals surface area (Å²) in [6.45, 7) is 1.75. The summed E-state index contributed by atoms with van der Waals surface area (Å²) in [7, 11) is 0. The van der Waals surface area contributed by atoms with E-state index < -0.39 is 0 Å². The molecule has 0 aliphatic rings. The number of unbranched alkanes of at least 4 members (excludes halogenated alkanes) is 2. The molecule has 1 heterocycles. The third kappa shape index (κ3) is 4.60. The molecule has 0 saturated carbocycles. The van der Waals surface area contributed by atoms with E-state index in [2.05, 4.69) is 17.5 Å². The first-order valence-corrected chi connectivity index (χ1v) is 5.80. The van der Waals surface area contributed by atoms with Crippen LogP contribution in [0.5, 0.6) is 0 Å². The first-order chi connectivity index (χ1) is 7.36. The van der Waals surface area contributed by atoms with Crippen LogP contribution >= 0.6 is 11.3 Å². The van der Waals surface area contributed by atoms with Gasteiger partial charge in [0, 0.05) is 23.2 Å². The maximum atomic E-state index is 8.63. The van der Waals surface area contributed by atoms with Crippen molar-refractivity contribution in [2.24, 2.45) is 0 Å². The monoisotopic (exact) mass is 219 g/mol. The molecule has 4 heteroatoms. The SMILES string of the molecule is N#CCCCCNCc1cc(C#N)cs1. The zero-order chi connectivity index (χ0) is 10.9. The fraction of sp³-hybridized carbons (Fsp3) is 0.455. The van der Waals surface area contributed by atoms with Gasteiger partial charge in [-0.05, 0) is 25.5 Å². The van der Waals surface area contributed by atoms with Crippen LogP contribution < -0.4 is 5.32 Å². The zero-order valence-electron chi connectivity index (χ0n) is 8.49. The number of nitrogens with zero attached hydrogens (tertiary/aromatic N) is 2. The van der Waals surface area contributed by atoms with Crippen molar-refractivity contribution >= 4 is 11.3 Å². The highest BCUT2D eigenvalue weighted by molar-refractivity contribution is 7.10. The molecular weight excluding hydrogens is 206 g/mol. The average molecular weight is 219 g/mol. The van der Waals surface area contributed by atoms with Crippen molar-refractivity contribution in [2.45, 2.75) is 25.8 Å². The Bertz CT molecular complexity index is 370. The Morgan fingerprint density at radius 3 is 2.87 bits per heavy atom. The van der Waals surface area contributed by atoms with E-state index in [0.29, 0.717) is 6.42 Å². The van der Waals surface area contributed by atoms with Gasteiger partial charge in [0.25, 0.3) is 0 Å². The van der Waals surface area contributed by atoms with Crippen molar-refractivity contribution in [3.8, 4) is 12.1 Å². The van der Waals surface area contributed by atoms with Gasteiger partial charge in [0.2, 0.25) is 0 Å². The Labute approximate surface area is 94.0 Å². The molecule has 1 rings (SSSR count). The van der Waals surface area contributed by atoms with Gasteiger partial charge in [0.15, 0.2) is 0 Å². The molecular formula is C11H13N3S. The summed E-state index contributed by atoms with van der Waals surface area (Å²) in [6.07, 6.45) is 2.63. The summed E-state index contributed by atoms with van der Waals surface area (Å²) >= 11 is 1.61. The molecule has 3 nitrogen and oxygen atoms in total. The van der Waals surface area contributed by atoms with Gasteiger partial charge in [0.05, 0.1) is 11.6 Å². The highest BCUT2D eigenvalue weighted by Crippen LogP contribution is 2.13. The van der Waals surface area contributed by atoms with Crippen molar-refractivity contribution in [1.82, 2.24) is 5.32 Å². The number of nitrogens with one attached hydrogen (secondary N) is 1. The lowest BCUT2D eigenvalue weighted by atomic mass is 10.2. The standard InChI is InChI=1S/C11H13N3S/c12-4-2-1-3-5-14-8-11-6-10(7-13)9-15-11/h6,9,14H,1-3,5,8H2. The maximum absolute atomic E-state index is 8.63. The normalized spacial score (nSPS) is 9.47. The lowest BCUT2D eigenvalue weighted by Gasteiger charge is -2.00. The van der Waals surface area contributed by atoms with Crippen LogP contribution in [0.2, 0.25) is 0 Å². The average Bonchev–Trinajstić information content (AvgIpc) is 2.71. The number of hydrogen-bond donors (Lipinski definition) is 1. The molecule has 0 radical (unpaired) electrons. The predicted molar refractivity (Wildman–Crippen MR) is 60.2 cm³/mol. The second kappa shape index (κ2) is 7.00. The predicted octanol–water partition coefficient (Wildman–Crippen LogP) is 2.40. The van der Waals surface area contributed by atoms with Crippen molar-refractivity contribution < 1.29 is 0 Å². The summed E-state index contributed by atoms with van der Waals surface area (Å²) < 4.78 is 0. The second-order valence-corrected chi connectivity index (χ2v) is 4.20. The van der Waals surface area contributed by atoms with Crippen LogP contribution in [0, 0.1) is 22.7 Å². The number of thiophene rings is 1. The Balaban J connectivity index is 2.11. The van der Waals surface area contributed by atoms with E-state index in [1.54, 1.807) is 11.3 Å². The fourth-order valence-electron chi connectivity index (χ4n) is 1.20. The van der Waals surface area contributed by atoms with Gasteiger partial charge in [-0.15, -0.1) is 11.3 Å². The molecule has 0 amide bonds. The fourth-order valence-corrected chi connectivity index (χ4v) is 1.98. The van der Waals surface area contributed by atoms with Crippen LogP contribution in [0.15, 0.2) is 11.4 Å². The molecule has 0 aliphatic carbocycles. The number of hydrogen-bond acceptors (Lipinski definition) is 4. The molecule has 0 unspecified atom stereocenters. The van der Waals surface area contributed by atoms with Gasteiger partial charge < -0.3 is 5.32 Å². The first-order valence-electron chi connectivity index (χ1n) is 4.92. The topological polar surface area (TPSA) is 59.6 Å². The van der Waals surface area contributed by atoms with Gasteiger partial charge in [-0.1, -0.05) is 0 Å². The highest BCUT2D eigenvalue weighted by atomic mass is 32.1. The largest absolute Gasteiger partial charge is 0.312 e. The summed E-state index contributed by atoms with van der Waals surface area (Å²) in [6, 6.07) is 6.15. The molecule has 1 N–H and O–H groups in total. The van der Waals surface area contributed by atoms with E-state index in [1.807, 2.05) is 11.4 Å². The molecule has 0 saturated heterocycles. The van der Waals surface area contributed by atoms with Crippen molar-refractivity contribution in [1.29, 1.82) is 10.5 Å². The molecule has 15 heavy (non-hydrogen) atoms. The van der Waals surface area contributed by atoms with Crippen molar-refractivity contribution in [3.05, 3.63) is 21.9 Å². The van der Waals surface area contributed by atoms with Crippen LogP contribution in [-0.2, 0) is 6.54 Å². The van der Waals surface area contributed by atoms with E-state index in [4.69, 9.17) is 10.5 Å². The number of nitriles is 2. The highest BCUT2D eigenvalue weighted by Gasteiger charge is 1.97. The number of rotatable bonds is 6. The van der Waals surface area contributed by atoms with Gasteiger partial charge in [-0.2, -0.15) is 10.5 Å². The first kappa shape index (κ1) is 11.7. The minimum atomic E-state index is 0.638. The zero-order valence-corrected chi connectivity index (χ0v) is 9.31. The van der Waals surface area contributed by atoms with Crippen LogP contribution in [0.1, 0.15) is 29.7 Å². The summed E-state index contributed by atoms with van der Waals surface area (Å²) in [4.78, 5) is 1.19. The Morgan fingerprint density at radius 1 is 1.33 bits per heavy atom. The van der Waals surface area contributed by atoms with Gasteiger partial charge >= 0.3 is 0 Å². The Morgan fingerprint density at radius 2 is 2.20 bits per heavy atom. The van der Waals surface area contributed by atoms with Crippen LogP contribution in [0.4, 0.5) is 0 Å². The van der Waals surface area contributed by atoms with Crippen LogP contribution in [0.3, 0.4) is 0 Å². The molecule has 1 aromatic heterocycles. The van der Waals surface area contributed by atoms with Crippen LogP contribution in [0.25, 0.3) is 0 Å². The molecule has 0 atom stereocenters. The molecule has 0 fully saturated rings.